The van der Waals surface area contributed by atoms with Crippen molar-refractivity contribution in [3.05, 3.63) is 77.9 Å². The second-order valence-electron chi connectivity index (χ2n) is 6.45. The molecular weight excluding hydrogens is 352 g/mol. The summed E-state index contributed by atoms with van der Waals surface area (Å²) < 4.78 is 10.5. The number of hydrogen-bond acceptors (Lipinski definition) is 4. The van der Waals surface area contributed by atoms with Crippen molar-refractivity contribution >= 4 is 23.0 Å². The normalized spacial score (nSPS) is 10.2. The number of nitrogens with one attached hydrogen (secondary N) is 2. The molecule has 0 heterocycles. The van der Waals surface area contributed by atoms with Gasteiger partial charge in [-0.2, -0.15) is 0 Å². The fourth-order valence-corrected chi connectivity index (χ4v) is 2.86. The second-order valence-corrected chi connectivity index (χ2v) is 6.45. The molecule has 0 unspecified atom stereocenters. The van der Waals surface area contributed by atoms with Gasteiger partial charge in [0.15, 0.2) is 11.5 Å². The van der Waals surface area contributed by atoms with Gasteiger partial charge in [-0.25, -0.2) is 0 Å². The molecule has 0 saturated carbocycles. The first-order chi connectivity index (χ1) is 13.6. The van der Waals surface area contributed by atoms with E-state index in [9.17, 15) is 4.79 Å². The van der Waals surface area contributed by atoms with Gasteiger partial charge in [-0.05, 0) is 48.9 Å². The number of carbonyl (C=O) groups excluding carboxylic acids is 1. The highest BCUT2D eigenvalue weighted by Crippen LogP contribution is 2.28. The average molecular weight is 376 g/mol. The number of rotatable bonds is 7. The maximum absolute atomic E-state index is 12.6. The molecule has 0 spiro atoms. The van der Waals surface area contributed by atoms with Crippen molar-refractivity contribution in [2.24, 2.45) is 0 Å². The summed E-state index contributed by atoms with van der Waals surface area (Å²) >= 11 is 0. The summed E-state index contributed by atoms with van der Waals surface area (Å²) in [5.74, 6) is 1.14. The minimum Gasteiger partial charge on any atom is -0.493 e. The first kappa shape index (κ1) is 19.3. The molecule has 0 aliphatic heterocycles. The molecule has 3 aromatic carbocycles. The van der Waals surface area contributed by atoms with E-state index < -0.39 is 0 Å². The molecule has 28 heavy (non-hydrogen) atoms. The fraction of sp³-hybridized carbons (Fsp3) is 0.174. The maximum Gasteiger partial charge on any atom is 0.228 e. The zero-order chi connectivity index (χ0) is 19.9. The number of amides is 1. The lowest BCUT2D eigenvalue weighted by atomic mass is 10.1. The van der Waals surface area contributed by atoms with Crippen LogP contribution in [0.25, 0.3) is 0 Å². The van der Waals surface area contributed by atoms with E-state index in [0.717, 1.165) is 22.6 Å². The van der Waals surface area contributed by atoms with Crippen LogP contribution in [0.2, 0.25) is 0 Å². The van der Waals surface area contributed by atoms with Crippen LogP contribution < -0.4 is 20.1 Å². The van der Waals surface area contributed by atoms with Crippen molar-refractivity contribution < 1.29 is 14.3 Å². The summed E-state index contributed by atoms with van der Waals surface area (Å²) in [7, 11) is 3.16. The number of ether oxygens (including phenoxy) is 2. The molecule has 0 fully saturated rings. The lowest BCUT2D eigenvalue weighted by Crippen LogP contribution is -2.15. The Balaban J connectivity index is 1.71. The predicted molar refractivity (Wildman–Crippen MR) is 113 cm³/mol. The molecule has 2 N–H and O–H groups in total. The molecule has 3 rings (SSSR count). The highest BCUT2D eigenvalue weighted by molar-refractivity contribution is 5.96. The summed E-state index contributed by atoms with van der Waals surface area (Å²) in [4.78, 5) is 12.6. The van der Waals surface area contributed by atoms with Gasteiger partial charge < -0.3 is 20.1 Å². The summed E-state index contributed by atoms with van der Waals surface area (Å²) in [6.07, 6.45) is 0.235. The second kappa shape index (κ2) is 8.95. The molecule has 0 bridgehead atoms. The van der Waals surface area contributed by atoms with Crippen molar-refractivity contribution in [1.29, 1.82) is 0 Å². The van der Waals surface area contributed by atoms with Crippen molar-refractivity contribution in [3.8, 4) is 11.5 Å². The minimum atomic E-state index is -0.106. The number of para-hydroxylation sites is 2. The highest BCUT2D eigenvalue weighted by Gasteiger charge is 2.10. The molecule has 0 atom stereocenters. The topological polar surface area (TPSA) is 59.6 Å². The van der Waals surface area contributed by atoms with E-state index in [1.807, 2.05) is 67.6 Å². The Hall–Kier alpha value is -3.47. The van der Waals surface area contributed by atoms with Gasteiger partial charge in [-0.15, -0.1) is 0 Å². The van der Waals surface area contributed by atoms with Gasteiger partial charge in [0.1, 0.15) is 0 Å². The van der Waals surface area contributed by atoms with E-state index in [2.05, 4.69) is 10.6 Å². The standard InChI is InChI=1S/C23H24N2O3/c1-16-8-11-18(12-9-16)24-19-6-4-5-7-20(19)25-23(26)15-17-10-13-21(27-2)22(14-17)28-3/h4-14,24H,15H2,1-3H3,(H,25,26). The molecule has 3 aromatic rings. The minimum absolute atomic E-state index is 0.106. The Morgan fingerprint density at radius 1 is 0.857 bits per heavy atom. The Morgan fingerprint density at radius 3 is 2.21 bits per heavy atom. The molecule has 0 aliphatic carbocycles. The Labute approximate surface area is 165 Å². The third-order valence-corrected chi connectivity index (χ3v) is 4.34. The van der Waals surface area contributed by atoms with Crippen LogP contribution in [0.1, 0.15) is 11.1 Å². The molecule has 1 amide bonds. The smallest absolute Gasteiger partial charge is 0.228 e. The van der Waals surface area contributed by atoms with Crippen LogP contribution in [-0.2, 0) is 11.2 Å². The first-order valence-electron chi connectivity index (χ1n) is 9.02. The third kappa shape index (κ3) is 4.82. The number of aryl methyl sites for hydroxylation is 1. The fourth-order valence-electron chi connectivity index (χ4n) is 2.86. The zero-order valence-corrected chi connectivity index (χ0v) is 16.3. The van der Waals surface area contributed by atoms with Crippen molar-refractivity contribution in [2.75, 3.05) is 24.9 Å². The molecule has 0 radical (unpaired) electrons. The molecule has 0 aliphatic rings. The van der Waals surface area contributed by atoms with Crippen LogP contribution in [0.5, 0.6) is 11.5 Å². The molecule has 5 heteroatoms. The van der Waals surface area contributed by atoms with Gasteiger partial charge in [0, 0.05) is 5.69 Å². The van der Waals surface area contributed by atoms with E-state index in [1.165, 1.54) is 5.56 Å². The highest BCUT2D eigenvalue weighted by atomic mass is 16.5. The Morgan fingerprint density at radius 2 is 1.54 bits per heavy atom. The summed E-state index contributed by atoms with van der Waals surface area (Å²) in [6, 6.07) is 21.2. The summed E-state index contributed by atoms with van der Waals surface area (Å²) in [6.45, 7) is 2.05. The molecule has 5 nitrogen and oxygen atoms in total. The Bertz CT molecular complexity index is 952. The molecule has 0 saturated heterocycles. The maximum atomic E-state index is 12.6. The van der Waals surface area contributed by atoms with Gasteiger partial charge in [0.25, 0.3) is 0 Å². The SMILES string of the molecule is COc1ccc(CC(=O)Nc2ccccc2Nc2ccc(C)cc2)cc1OC. The van der Waals surface area contributed by atoms with Gasteiger partial charge in [-0.1, -0.05) is 35.9 Å². The van der Waals surface area contributed by atoms with Gasteiger partial charge >= 0.3 is 0 Å². The van der Waals surface area contributed by atoms with Crippen LogP contribution in [0.4, 0.5) is 17.1 Å². The summed E-state index contributed by atoms with van der Waals surface area (Å²) in [5.41, 5.74) is 4.58. The van der Waals surface area contributed by atoms with Gasteiger partial charge in [-0.3, -0.25) is 4.79 Å². The predicted octanol–water partition coefficient (Wildman–Crippen LogP) is 4.94. The lowest BCUT2D eigenvalue weighted by molar-refractivity contribution is -0.115. The van der Waals surface area contributed by atoms with Crippen molar-refractivity contribution in [3.63, 3.8) is 0 Å². The van der Waals surface area contributed by atoms with E-state index in [-0.39, 0.29) is 12.3 Å². The summed E-state index contributed by atoms with van der Waals surface area (Å²) in [5, 5.41) is 6.33. The van der Waals surface area contributed by atoms with Crippen LogP contribution in [0.15, 0.2) is 66.7 Å². The van der Waals surface area contributed by atoms with Crippen LogP contribution >= 0.6 is 0 Å². The van der Waals surface area contributed by atoms with Crippen molar-refractivity contribution in [2.45, 2.75) is 13.3 Å². The number of anilines is 3. The number of carbonyl (C=O) groups is 1. The van der Waals surface area contributed by atoms with E-state index in [1.54, 1.807) is 20.3 Å². The quantitative estimate of drug-likeness (QED) is 0.613. The number of hydrogen-bond donors (Lipinski definition) is 2. The number of benzene rings is 3. The van der Waals surface area contributed by atoms with E-state index >= 15 is 0 Å². The molecular formula is C23H24N2O3. The third-order valence-electron chi connectivity index (χ3n) is 4.34. The van der Waals surface area contributed by atoms with E-state index in [0.29, 0.717) is 11.5 Å². The zero-order valence-electron chi connectivity index (χ0n) is 16.3. The molecule has 144 valence electrons. The monoisotopic (exact) mass is 376 g/mol. The largest absolute Gasteiger partial charge is 0.493 e. The van der Waals surface area contributed by atoms with Gasteiger partial charge in [0.05, 0.1) is 32.0 Å². The molecule has 0 aromatic heterocycles. The van der Waals surface area contributed by atoms with Crippen LogP contribution in [0, 0.1) is 6.92 Å². The van der Waals surface area contributed by atoms with Gasteiger partial charge in [0.2, 0.25) is 5.91 Å². The first-order valence-corrected chi connectivity index (χ1v) is 9.02. The van der Waals surface area contributed by atoms with E-state index in [4.69, 9.17) is 9.47 Å². The van der Waals surface area contributed by atoms with Crippen LogP contribution in [-0.4, -0.2) is 20.1 Å². The number of methoxy groups -OCH3 is 2. The Kier molecular flexibility index (Phi) is 6.17. The lowest BCUT2D eigenvalue weighted by Gasteiger charge is -2.14. The van der Waals surface area contributed by atoms with Crippen molar-refractivity contribution in [1.82, 2.24) is 0 Å². The average Bonchev–Trinajstić information content (AvgIpc) is 2.71. The van der Waals surface area contributed by atoms with Crippen LogP contribution in [0.3, 0.4) is 0 Å².